The van der Waals surface area contributed by atoms with Crippen LogP contribution in [0.25, 0.3) is 0 Å². The van der Waals surface area contributed by atoms with Crippen molar-refractivity contribution in [1.82, 2.24) is 9.80 Å². The van der Waals surface area contributed by atoms with Gasteiger partial charge in [-0.25, -0.2) is 9.18 Å². The largest absolute Gasteiger partial charge is 0.481 e. The molecule has 124 valence electrons. The second kappa shape index (κ2) is 5.69. The number of imide groups is 1. The van der Waals surface area contributed by atoms with Crippen LogP contribution >= 0.6 is 0 Å². The number of carboxylic acids is 1. The van der Waals surface area contributed by atoms with Gasteiger partial charge in [0.15, 0.2) is 0 Å². The molecule has 2 atom stereocenters. The molecule has 1 N–H and O–H groups in total. The normalized spacial score (nSPS) is 29.2. The summed E-state index contributed by atoms with van der Waals surface area (Å²) in [5.41, 5.74) is -2.00. The molecular weight excluding hydrogens is 303 g/mol. The zero-order chi connectivity index (χ0) is 17.4. The molecule has 2 fully saturated rings. The Balaban J connectivity index is 2.27. The van der Waals surface area contributed by atoms with Crippen molar-refractivity contribution in [3.8, 4) is 12.3 Å². The Bertz CT molecular complexity index is 622. The second-order valence-electron chi connectivity index (χ2n) is 6.38. The summed E-state index contributed by atoms with van der Waals surface area (Å²) >= 11 is 0. The summed E-state index contributed by atoms with van der Waals surface area (Å²) in [7, 11) is 0. The van der Waals surface area contributed by atoms with Crippen molar-refractivity contribution in [2.24, 2.45) is 16.7 Å². The van der Waals surface area contributed by atoms with Gasteiger partial charge in [0.1, 0.15) is 13.2 Å². The van der Waals surface area contributed by atoms with E-state index in [1.165, 1.54) is 17.1 Å². The smallest absolute Gasteiger partial charge is 0.328 e. The number of alkyl halides is 1. The van der Waals surface area contributed by atoms with Crippen molar-refractivity contribution in [2.45, 2.75) is 13.8 Å². The van der Waals surface area contributed by atoms with Crippen molar-refractivity contribution >= 4 is 17.9 Å². The molecule has 0 spiro atoms. The van der Waals surface area contributed by atoms with Gasteiger partial charge < -0.3 is 10.0 Å². The van der Waals surface area contributed by atoms with Crippen molar-refractivity contribution in [3.05, 3.63) is 12.2 Å². The summed E-state index contributed by atoms with van der Waals surface area (Å²) in [6, 6.07) is -0.579. The topological polar surface area (TPSA) is 77.9 Å². The number of nitrogens with zero attached hydrogens (tertiary/aromatic N) is 2. The fourth-order valence-corrected chi connectivity index (χ4v) is 3.50. The lowest BCUT2D eigenvalue weighted by Crippen LogP contribution is -2.42. The number of amides is 3. The number of carbonyl (C=O) groups is 3. The summed E-state index contributed by atoms with van der Waals surface area (Å²) in [5.74, 6) is 0.264. The van der Waals surface area contributed by atoms with Crippen LogP contribution in [0.3, 0.4) is 0 Å². The fraction of sp³-hybridized carbons (Fsp3) is 0.562. The summed E-state index contributed by atoms with van der Waals surface area (Å²) in [4.78, 5) is 38.3. The first-order valence-electron chi connectivity index (χ1n) is 7.22. The van der Waals surface area contributed by atoms with Crippen molar-refractivity contribution in [3.63, 3.8) is 0 Å². The van der Waals surface area contributed by atoms with Gasteiger partial charge in [0.2, 0.25) is 5.91 Å². The van der Waals surface area contributed by atoms with E-state index in [2.05, 4.69) is 5.92 Å². The molecule has 23 heavy (non-hydrogen) atoms. The van der Waals surface area contributed by atoms with E-state index in [0.717, 1.165) is 4.90 Å². The number of urea groups is 1. The first kappa shape index (κ1) is 17.0. The minimum Gasteiger partial charge on any atom is -0.481 e. The Labute approximate surface area is 133 Å². The Morgan fingerprint density at radius 2 is 2.17 bits per heavy atom. The molecule has 0 radical (unpaired) electrons. The highest BCUT2D eigenvalue weighted by Gasteiger charge is 2.75. The van der Waals surface area contributed by atoms with Gasteiger partial charge >= 0.3 is 12.0 Å². The lowest BCUT2D eigenvalue weighted by molar-refractivity contribution is -0.146. The molecule has 0 bridgehead atoms. The molecule has 0 aromatic heterocycles. The van der Waals surface area contributed by atoms with E-state index in [1.807, 2.05) is 0 Å². The van der Waals surface area contributed by atoms with E-state index < -0.39 is 41.3 Å². The second-order valence-corrected chi connectivity index (χ2v) is 6.38. The van der Waals surface area contributed by atoms with E-state index in [-0.39, 0.29) is 19.6 Å². The van der Waals surface area contributed by atoms with Gasteiger partial charge in [-0.3, -0.25) is 14.5 Å². The maximum Gasteiger partial charge on any atom is 0.328 e. The minimum atomic E-state index is -1.31. The first-order valence-corrected chi connectivity index (χ1v) is 7.22. The van der Waals surface area contributed by atoms with Crippen LogP contribution in [0.15, 0.2) is 12.2 Å². The van der Waals surface area contributed by atoms with Crippen molar-refractivity contribution in [2.75, 3.05) is 26.3 Å². The highest BCUT2D eigenvalue weighted by molar-refractivity contribution is 6.02. The molecule has 1 unspecified atom stereocenters. The summed E-state index contributed by atoms with van der Waals surface area (Å²) in [6.07, 6.45) is 7.93. The number of carbonyl (C=O) groups excluding carboxylic acids is 2. The monoisotopic (exact) mass is 322 g/mol. The summed E-state index contributed by atoms with van der Waals surface area (Å²) in [6.45, 7) is 2.38. The first-order chi connectivity index (χ1) is 10.7. The molecule has 6 nitrogen and oxygen atoms in total. The van der Waals surface area contributed by atoms with Crippen LogP contribution in [0.2, 0.25) is 0 Å². The molecule has 0 aromatic rings. The molecule has 1 aliphatic heterocycles. The molecule has 2 aliphatic rings. The number of allylic oxidation sites excluding steroid dienone is 2. The van der Waals surface area contributed by atoms with Crippen molar-refractivity contribution in [1.29, 1.82) is 0 Å². The Morgan fingerprint density at radius 3 is 2.70 bits per heavy atom. The van der Waals surface area contributed by atoms with Gasteiger partial charge in [-0.05, 0) is 5.41 Å². The zero-order valence-corrected chi connectivity index (χ0v) is 13.1. The van der Waals surface area contributed by atoms with Gasteiger partial charge in [-0.2, -0.15) is 0 Å². The Hall–Kier alpha value is -2.36. The highest BCUT2D eigenvalue weighted by atomic mass is 19.1. The molecule has 3 amide bonds. The lowest BCUT2D eigenvalue weighted by Gasteiger charge is -2.22. The Morgan fingerprint density at radius 1 is 1.52 bits per heavy atom. The molecular formula is C16H19FN2O4. The number of aliphatic carboxylic acids is 1. The Kier molecular flexibility index (Phi) is 4.20. The lowest BCUT2D eigenvalue weighted by atomic mass is 9.95. The number of halogens is 1. The fourth-order valence-electron chi connectivity index (χ4n) is 3.50. The third-order valence-electron chi connectivity index (χ3n) is 4.99. The third-order valence-corrected chi connectivity index (χ3v) is 4.99. The van der Waals surface area contributed by atoms with Gasteiger partial charge in [0, 0.05) is 12.5 Å². The van der Waals surface area contributed by atoms with Gasteiger partial charge in [0.05, 0.1) is 12.0 Å². The number of rotatable bonds is 6. The van der Waals surface area contributed by atoms with Gasteiger partial charge in [-0.1, -0.05) is 31.9 Å². The number of carboxylic acid groups (broad SMARTS) is 1. The molecule has 7 heteroatoms. The van der Waals surface area contributed by atoms with Gasteiger partial charge in [0.25, 0.3) is 0 Å². The van der Waals surface area contributed by atoms with E-state index >= 15 is 0 Å². The maximum absolute atomic E-state index is 12.4. The SMILES string of the molecule is C#CCN1CC(=O)N(C[C@@]2(C(=O)O)C(/C=C/CF)C2(C)C)C1=O. The number of hydrogen-bond donors (Lipinski definition) is 1. The molecule has 1 heterocycles. The molecule has 1 saturated carbocycles. The highest BCUT2D eigenvalue weighted by Crippen LogP contribution is 2.70. The van der Waals surface area contributed by atoms with Gasteiger partial charge in [-0.15, -0.1) is 6.42 Å². The van der Waals surface area contributed by atoms with Crippen LogP contribution in [0, 0.1) is 29.1 Å². The van der Waals surface area contributed by atoms with Crippen LogP contribution in [0.4, 0.5) is 9.18 Å². The molecule has 2 rings (SSSR count). The van der Waals surface area contributed by atoms with E-state index in [0.29, 0.717) is 0 Å². The van der Waals surface area contributed by atoms with E-state index in [1.54, 1.807) is 13.8 Å². The number of hydrogen-bond acceptors (Lipinski definition) is 3. The third kappa shape index (κ3) is 2.38. The predicted octanol–water partition coefficient (Wildman–Crippen LogP) is 1.14. The van der Waals surface area contributed by atoms with E-state index in [9.17, 15) is 23.9 Å². The van der Waals surface area contributed by atoms with Crippen LogP contribution in [0.1, 0.15) is 13.8 Å². The average Bonchev–Trinajstić information content (AvgIpc) is 2.83. The van der Waals surface area contributed by atoms with Crippen molar-refractivity contribution < 1.29 is 23.9 Å². The van der Waals surface area contributed by atoms with Crippen LogP contribution < -0.4 is 0 Å². The minimum absolute atomic E-state index is 0.00425. The van der Waals surface area contributed by atoms with Crippen LogP contribution in [-0.4, -0.2) is 59.1 Å². The zero-order valence-electron chi connectivity index (χ0n) is 13.1. The van der Waals surface area contributed by atoms with Crippen LogP contribution in [0.5, 0.6) is 0 Å². The summed E-state index contributed by atoms with van der Waals surface area (Å²) in [5, 5.41) is 9.69. The number of terminal acetylenes is 1. The molecule has 1 saturated heterocycles. The average molecular weight is 322 g/mol. The molecule has 1 aliphatic carbocycles. The predicted molar refractivity (Wildman–Crippen MR) is 80.0 cm³/mol. The quantitative estimate of drug-likeness (QED) is 0.452. The molecule has 0 aromatic carbocycles. The van der Waals surface area contributed by atoms with Crippen LogP contribution in [-0.2, 0) is 9.59 Å². The maximum atomic E-state index is 12.4. The summed E-state index contributed by atoms with van der Waals surface area (Å²) < 4.78 is 12.4. The van der Waals surface area contributed by atoms with E-state index in [4.69, 9.17) is 6.42 Å². The standard InChI is InChI=1S/C16H19FN2O4/c1-4-8-18-9-12(20)19(14(18)23)10-16(13(21)22)11(6-5-7-17)15(16,2)3/h1,5-6,11H,7-10H2,2-3H3,(H,21,22)/b6-5+/t11?,16-/m0/s1.